The Morgan fingerprint density at radius 1 is 1.07 bits per heavy atom. The van der Waals surface area contributed by atoms with Crippen molar-refractivity contribution in [1.29, 1.82) is 0 Å². The standard InChI is InChI=1S/C32H33N3O5/c1-22(8-7-13-29(37)34(18-19-36)21-23-9-3-2-4-10-23)32(40)26-20-25(15-16-27(26)33-31(32)39)35-28-12-6-5-11-24(28)14-17-30(35)38/h2-12,15-16,20,22,36,40H,13-14,17-19,21H2,1H3,(H,33,39)/b8-7+/t22-,32+/m1/s1. The van der Waals surface area contributed by atoms with Gasteiger partial charge in [0.1, 0.15) is 0 Å². The third-order valence-corrected chi connectivity index (χ3v) is 7.67. The van der Waals surface area contributed by atoms with Crippen molar-refractivity contribution in [2.45, 2.75) is 38.3 Å². The fourth-order valence-electron chi connectivity index (χ4n) is 5.46. The van der Waals surface area contributed by atoms with Gasteiger partial charge in [-0.1, -0.05) is 67.6 Å². The summed E-state index contributed by atoms with van der Waals surface area (Å²) in [5, 5.41) is 23.9. The van der Waals surface area contributed by atoms with Gasteiger partial charge >= 0.3 is 0 Å². The zero-order chi connectivity index (χ0) is 28.3. The molecule has 8 heteroatoms. The van der Waals surface area contributed by atoms with Crippen molar-refractivity contribution in [1.82, 2.24) is 4.90 Å². The van der Waals surface area contributed by atoms with Gasteiger partial charge in [0.25, 0.3) is 5.91 Å². The van der Waals surface area contributed by atoms with Gasteiger partial charge in [0.05, 0.1) is 12.3 Å². The van der Waals surface area contributed by atoms with Crippen molar-refractivity contribution in [3.63, 3.8) is 0 Å². The molecule has 3 aromatic rings. The van der Waals surface area contributed by atoms with E-state index in [1.54, 1.807) is 47.1 Å². The Morgan fingerprint density at radius 3 is 2.60 bits per heavy atom. The maximum absolute atomic E-state index is 13.1. The van der Waals surface area contributed by atoms with Gasteiger partial charge in [-0.2, -0.15) is 0 Å². The highest BCUT2D eigenvalue weighted by Gasteiger charge is 2.49. The Morgan fingerprint density at radius 2 is 1.82 bits per heavy atom. The highest BCUT2D eigenvalue weighted by atomic mass is 16.3. The third-order valence-electron chi connectivity index (χ3n) is 7.67. The number of amides is 3. The number of carbonyl (C=O) groups excluding carboxylic acids is 3. The summed E-state index contributed by atoms with van der Waals surface area (Å²) in [5.74, 6) is -1.44. The summed E-state index contributed by atoms with van der Waals surface area (Å²) < 4.78 is 0. The van der Waals surface area contributed by atoms with Gasteiger partial charge < -0.3 is 20.4 Å². The lowest BCUT2D eigenvalue weighted by molar-refractivity contribution is -0.137. The van der Waals surface area contributed by atoms with Gasteiger partial charge in [0, 0.05) is 48.8 Å². The van der Waals surface area contributed by atoms with Crippen molar-refractivity contribution in [3.8, 4) is 0 Å². The molecule has 0 aliphatic carbocycles. The molecule has 3 N–H and O–H groups in total. The number of hydrogen-bond acceptors (Lipinski definition) is 5. The molecule has 0 aromatic heterocycles. The number of aryl methyl sites for hydroxylation is 1. The molecule has 0 bridgehead atoms. The molecule has 0 unspecified atom stereocenters. The van der Waals surface area contributed by atoms with Crippen LogP contribution in [-0.2, 0) is 33.0 Å². The molecule has 3 aromatic carbocycles. The van der Waals surface area contributed by atoms with E-state index in [2.05, 4.69) is 5.32 Å². The second-order valence-corrected chi connectivity index (χ2v) is 10.3. The van der Waals surface area contributed by atoms with E-state index in [-0.39, 0.29) is 31.4 Å². The van der Waals surface area contributed by atoms with Crippen LogP contribution >= 0.6 is 0 Å². The van der Waals surface area contributed by atoms with Gasteiger partial charge in [-0.05, 0) is 41.8 Å². The molecule has 2 aliphatic rings. The number of fused-ring (bicyclic) bond motifs is 2. The van der Waals surface area contributed by atoms with E-state index in [9.17, 15) is 24.6 Å². The van der Waals surface area contributed by atoms with Crippen LogP contribution in [0.5, 0.6) is 0 Å². The molecule has 2 atom stereocenters. The van der Waals surface area contributed by atoms with Crippen LogP contribution in [0.15, 0.2) is 84.9 Å². The van der Waals surface area contributed by atoms with Crippen LogP contribution < -0.4 is 10.2 Å². The molecule has 40 heavy (non-hydrogen) atoms. The van der Waals surface area contributed by atoms with Crippen LogP contribution in [-0.4, -0.2) is 46.0 Å². The van der Waals surface area contributed by atoms with Crippen molar-refractivity contribution >= 4 is 34.8 Å². The second kappa shape index (κ2) is 11.5. The monoisotopic (exact) mass is 539 g/mol. The molecule has 0 fully saturated rings. The van der Waals surface area contributed by atoms with Crippen molar-refractivity contribution < 1.29 is 24.6 Å². The molecule has 2 heterocycles. The topological polar surface area (TPSA) is 110 Å². The van der Waals surface area contributed by atoms with Gasteiger partial charge in [-0.15, -0.1) is 0 Å². The first kappa shape index (κ1) is 27.3. The number of nitrogens with zero attached hydrogens (tertiary/aromatic N) is 2. The summed E-state index contributed by atoms with van der Waals surface area (Å²) in [6.45, 7) is 2.16. The van der Waals surface area contributed by atoms with E-state index in [1.807, 2.05) is 54.6 Å². The molecule has 2 aliphatic heterocycles. The lowest BCUT2D eigenvalue weighted by Crippen LogP contribution is -2.40. The molecule has 0 spiro atoms. The summed E-state index contributed by atoms with van der Waals surface area (Å²) in [7, 11) is 0. The Bertz CT molecular complexity index is 1450. The predicted molar refractivity (Wildman–Crippen MR) is 153 cm³/mol. The van der Waals surface area contributed by atoms with Crippen LogP contribution in [0, 0.1) is 5.92 Å². The summed E-state index contributed by atoms with van der Waals surface area (Å²) in [6, 6.07) is 22.4. The quantitative estimate of drug-likeness (QED) is 0.356. The number of nitrogens with one attached hydrogen (secondary N) is 1. The number of aliphatic hydroxyl groups is 2. The van der Waals surface area contributed by atoms with Crippen LogP contribution in [0.3, 0.4) is 0 Å². The number of benzene rings is 3. The number of aliphatic hydroxyl groups excluding tert-OH is 1. The SMILES string of the molecule is C[C@H](/C=C/CC(=O)N(CCO)Cc1ccccc1)[C@@]1(O)C(=O)Nc2ccc(N3C(=O)CCc4ccccc43)cc21. The molecule has 0 saturated heterocycles. The lowest BCUT2D eigenvalue weighted by atomic mass is 9.82. The molecule has 206 valence electrons. The predicted octanol–water partition coefficient (Wildman–Crippen LogP) is 4.04. The van der Waals surface area contributed by atoms with Gasteiger partial charge in [-0.25, -0.2) is 0 Å². The first-order valence-corrected chi connectivity index (χ1v) is 13.5. The zero-order valence-corrected chi connectivity index (χ0v) is 22.4. The largest absolute Gasteiger partial charge is 0.395 e. The molecule has 8 nitrogen and oxygen atoms in total. The molecular weight excluding hydrogens is 506 g/mol. The summed E-state index contributed by atoms with van der Waals surface area (Å²) in [6.07, 6.45) is 4.42. The van der Waals surface area contributed by atoms with Crippen LogP contribution in [0.4, 0.5) is 17.1 Å². The average Bonchev–Trinajstić information content (AvgIpc) is 3.23. The Balaban J connectivity index is 1.35. The minimum Gasteiger partial charge on any atom is -0.395 e. The van der Waals surface area contributed by atoms with Gasteiger partial charge in [0.2, 0.25) is 11.8 Å². The fraction of sp³-hybridized carbons (Fsp3) is 0.281. The number of hydrogen-bond donors (Lipinski definition) is 3. The second-order valence-electron chi connectivity index (χ2n) is 10.3. The number of carbonyl (C=O) groups is 3. The van der Waals surface area contributed by atoms with E-state index in [4.69, 9.17) is 0 Å². The molecule has 3 amide bonds. The average molecular weight is 540 g/mol. The van der Waals surface area contributed by atoms with Crippen molar-refractivity contribution in [3.05, 3.63) is 102 Å². The van der Waals surface area contributed by atoms with E-state index in [1.165, 1.54) is 0 Å². The lowest BCUT2D eigenvalue weighted by Gasteiger charge is -2.31. The number of anilines is 3. The minimum atomic E-state index is -1.88. The normalized spacial score (nSPS) is 18.8. The highest BCUT2D eigenvalue weighted by Crippen LogP contribution is 2.45. The van der Waals surface area contributed by atoms with Crippen molar-refractivity contribution in [2.75, 3.05) is 23.4 Å². The van der Waals surface area contributed by atoms with E-state index in [0.29, 0.717) is 36.3 Å². The summed E-state index contributed by atoms with van der Waals surface area (Å²) in [5.41, 5.74) is 2.41. The molecule has 5 rings (SSSR count). The third kappa shape index (κ3) is 5.15. The van der Waals surface area contributed by atoms with Crippen LogP contribution in [0.2, 0.25) is 0 Å². The van der Waals surface area contributed by atoms with Gasteiger partial charge in [-0.3, -0.25) is 19.3 Å². The Labute approximate surface area is 233 Å². The Hall–Kier alpha value is -4.27. The maximum Gasteiger partial charge on any atom is 0.261 e. The molecular formula is C32H33N3O5. The molecule has 0 radical (unpaired) electrons. The number of para-hydroxylation sites is 1. The maximum atomic E-state index is 13.1. The minimum absolute atomic E-state index is 0.0473. The van der Waals surface area contributed by atoms with Crippen LogP contribution in [0.1, 0.15) is 36.5 Å². The first-order chi connectivity index (χ1) is 19.3. The Kier molecular flexibility index (Phi) is 7.82. The summed E-state index contributed by atoms with van der Waals surface area (Å²) >= 11 is 0. The highest BCUT2D eigenvalue weighted by molar-refractivity contribution is 6.07. The van der Waals surface area contributed by atoms with E-state index in [0.717, 1.165) is 16.8 Å². The van der Waals surface area contributed by atoms with Crippen LogP contribution in [0.25, 0.3) is 0 Å². The molecule has 0 saturated carbocycles. The fourth-order valence-corrected chi connectivity index (χ4v) is 5.46. The van der Waals surface area contributed by atoms with Crippen molar-refractivity contribution in [2.24, 2.45) is 5.92 Å². The summed E-state index contributed by atoms with van der Waals surface area (Å²) in [4.78, 5) is 42.2. The smallest absolute Gasteiger partial charge is 0.261 e. The van der Waals surface area contributed by atoms with E-state index >= 15 is 0 Å². The van der Waals surface area contributed by atoms with Gasteiger partial charge in [0.15, 0.2) is 5.60 Å². The van der Waals surface area contributed by atoms with E-state index < -0.39 is 17.4 Å². The number of rotatable bonds is 9. The zero-order valence-electron chi connectivity index (χ0n) is 22.4. The first-order valence-electron chi connectivity index (χ1n) is 13.5.